The van der Waals surface area contributed by atoms with Crippen LogP contribution >= 0.6 is 39.1 Å². The fourth-order valence-electron chi connectivity index (χ4n) is 0.806. The Kier molecular flexibility index (Phi) is 3.59. The topological polar surface area (TPSA) is 40.1 Å². The molecule has 0 N–H and O–H groups in total. The number of carboxylic acids is 1. The lowest BCUT2D eigenvalue weighted by Gasteiger charge is -2.11. The van der Waals surface area contributed by atoms with E-state index in [4.69, 9.17) is 23.2 Å². The highest BCUT2D eigenvalue weighted by Crippen LogP contribution is 2.28. The predicted octanol–water partition coefficient (Wildman–Crippen LogP) is 2.18. The largest absolute Gasteiger partial charge is 0.549 e. The summed E-state index contributed by atoms with van der Waals surface area (Å²) in [5, 5.41) is 11.2. The van der Waals surface area contributed by atoms with Gasteiger partial charge in [0.1, 0.15) is 0 Å². The van der Waals surface area contributed by atoms with Crippen molar-refractivity contribution < 1.29 is 9.90 Å². The van der Waals surface area contributed by atoms with Gasteiger partial charge in [0.25, 0.3) is 0 Å². The van der Waals surface area contributed by atoms with Gasteiger partial charge < -0.3 is 9.90 Å². The second kappa shape index (κ2) is 4.31. The van der Waals surface area contributed by atoms with Gasteiger partial charge in [-0.15, -0.1) is 0 Å². The third-order valence-corrected chi connectivity index (χ3v) is 3.08. The van der Waals surface area contributed by atoms with Gasteiger partial charge in [-0.1, -0.05) is 45.2 Å². The molecule has 0 amide bonds. The Bertz CT molecular complexity index is 341. The molecule has 0 spiro atoms. The van der Waals surface area contributed by atoms with E-state index in [0.717, 1.165) is 0 Å². The van der Waals surface area contributed by atoms with Crippen molar-refractivity contribution in [3.8, 4) is 0 Å². The van der Waals surface area contributed by atoms with Crippen LogP contribution in [0.2, 0.25) is 10.0 Å². The minimum atomic E-state index is -1.21. The molecule has 0 saturated carbocycles. The number of carbonyl (C=O) groups is 1. The fraction of sp³-hybridized carbons (Fsp3) is 0.125. The summed E-state index contributed by atoms with van der Waals surface area (Å²) >= 11 is 14.3. The maximum absolute atomic E-state index is 10.5. The first-order chi connectivity index (χ1) is 6.02. The zero-order valence-corrected chi connectivity index (χ0v) is 9.36. The summed E-state index contributed by atoms with van der Waals surface area (Å²) < 4.78 is 0. The average Bonchev–Trinajstić information content (AvgIpc) is 2.08. The van der Waals surface area contributed by atoms with E-state index in [9.17, 15) is 9.90 Å². The van der Waals surface area contributed by atoms with Crippen LogP contribution in [0, 0.1) is 0 Å². The van der Waals surface area contributed by atoms with Crippen molar-refractivity contribution in [2.45, 2.75) is 4.83 Å². The number of halogens is 3. The third kappa shape index (κ3) is 2.59. The Morgan fingerprint density at radius 3 is 2.46 bits per heavy atom. The minimum absolute atomic E-state index is 0.324. The molecule has 1 unspecified atom stereocenters. The summed E-state index contributed by atoms with van der Waals surface area (Å²) in [7, 11) is 0. The molecule has 0 bridgehead atoms. The minimum Gasteiger partial charge on any atom is -0.549 e. The van der Waals surface area contributed by atoms with Crippen LogP contribution in [0.15, 0.2) is 18.2 Å². The van der Waals surface area contributed by atoms with E-state index in [2.05, 4.69) is 15.9 Å². The van der Waals surface area contributed by atoms with Crippen molar-refractivity contribution in [3.63, 3.8) is 0 Å². The van der Waals surface area contributed by atoms with Gasteiger partial charge >= 0.3 is 0 Å². The standard InChI is InChI=1S/C8H5BrCl2O2/c9-7(8(12)13)4-1-2-5(10)6(11)3-4/h1-3,7H,(H,12,13)/p-1. The van der Waals surface area contributed by atoms with Crippen LogP contribution in [0.3, 0.4) is 0 Å². The first kappa shape index (κ1) is 10.8. The van der Waals surface area contributed by atoms with Crippen molar-refractivity contribution in [3.05, 3.63) is 33.8 Å². The summed E-state index contributed by atoms with van der Waals surface area (Å²) in [4.78, 5) is 9.60. The van der Waals surface area contributed by atoms with Gasteiger partial charge in [-0.3, -0.25) is 0 Å². The van der Waals surface area contributed by atoms with Crippen molar-refractivity contribution in [2.24, 2.45) is 0 Å². The quantitative estimate of drug-likeness (QED) is 0.780. The Hall–Kier alpha value is -0.250. The zero-order valence-electron chi connectivity index (χ0n) is 6.26. The Morgan fingerprint density at radius 1 is 1.38 bits per heavy atom. The lowest BCUT2D eigenvalue weighted by Crippen LogP contribution is -2.26. The van der Waals surface area contributed by atoms with Crippen LogP contribution in [0.1, 0.15) is 10.4 Å². The van der Waals surface area contributed by atoms with Crippen molar-refractivity contribution in [1.82, 2.24) is 0 Å². The average molecular weight is 283 g/mol. The monoisotopic (exact) mass is 281 g/mol. The summed E-state index contributed by atoms with van der Waals surface area (Å²) in [6.07, 6.45) is 0. The highest BCUT2D eigenvalue weighted by atomic mass is 79.9. The lowest BCUT2D eigenvalue weighted by molar-refractivity contribution is -0.304. The number of rotatable bonds is 2. The van der Waals surface area contributed by atoms with Crippen LogP contribution in [0.5, 0.6) is 0 Å². The van der Waals surface area contributed by atoms with Crippen molar-refractivity contribution in [2.75, 3.05) is 0 Å². The van der Waals surface area contributed by atoms with E-state index < -0.39 is 10.8 Å². The normalized spacial score (nSPS) is 12.5. The molecule has 0 heterocycles. The highest BCUT2D eigenvalue weighted by Gasteiger charge is 2.09. The summed E-state index contributed by atoms with van der Waals surface area (Å²) in [6, 6.07) is 4.60. The van der Waals surface area contributed by atoms with Gasteiger partial charge in [0.2, 0.25) is 0 Å². The number of hydrogen-bond donors (Lipinski definition) is 0. The molecule has 13 heavy (non-hydrogen) atoms. The lowest BCUT2D eigenvalue weighted by atomic mass is 10.1. The predicted molar refractivity (Wildman–Crippen MR) is 53.1 cm³/mol. The molecule has 0 aliphatic heterocycles. The molecule has 0 aliphatic carbocycles. The molecular formula is C8H4BrCl2O2-. The van der Waals surface area contributed by atoms with Gasteiger partial charge in [-0.25, -0.2) is 0 Å². The van der Waals surface area contributed by atoms with Gasteiger partial charge in [0, 0.05) is 0 Å². The highest BCUT2D eigenvalue weighted by molar-refractivity contribution is 9.09. The van der Waals surface area contributed by atoms with E-state index in [0.29, 0.717) is 15.6 Å². The van der Waals surface area contributed by atoms with E-state index in [-0.39, 0.29) is 0 Å². The third-order valence-electron chi connectivity index (χ3n) is 1.44. The molecule has 0 aliphatic rings. The van der Waals surface area contributed by atoms with Crippen LogP contribution < -0.4 is 5.11 Å². The summed E-state index contributed by atoms with van der Waals surface area (Å²) in [5.74, 6) is -1.21. The molecule has 0 radical (unpaired) electrons. The number of aliphatic carboxylic acids is 1. The van der Waals surface area contributed by atoms with Crippen LogP contribution in [0.4, 0.5) is 0 Å². The SMILES string of the molecule is O=C([O-])C(Br)c1ccc(Cl)c(Cl)c1. The Morgan fingerprint density at radius 2 is 2.00 bits per heavy atom. The second-order valence-corrected chi connectivity index (χ2v) is 4.09. The number of carboxylic acid groups (broad SMARTS) is 1. The summed E-state index contributed by atoms with van der Waals surface area (Å²) in [5.41, 5.74) is 0.509. The molecule has 0 aromatic heterocycles. The number of carbonyl (C=O) groups excluding carboxylic acids is 1. The second-order valence-electron chi connectivity index (χ2n) is 2.36. The molecule has 5 heteroatoms. The molecule has 70 valence electrons. The van der Waals surface area contributed by atoms with Crippen LogP contribution in [0.25, 0.3) is 0 Å². The molecular weight excluding hydrogens is 279 g/mol. The molecule has 0 saturated heterocycles. The Labute approximate surface area is 93.6 Å². The first-order valence-electron chi connectivity index (χ1n) is 3.32. The molecule has 1 aromatic carbocycles. The van der Waals surface area contributed by atoms with Gasteiger partial charge in [-0.05, 0) is 17.7 Å². The first-order valence-corrected chi connectivity index (χ1v) is 4.99. The summed E-state index contributed by atoms with van der Waals surface area (Å²) in [6.45, 7) is 0. The van der Waals surface area contributed by atoms with Crippen molar-refractivity contribution in [1.29, 1.82) is 0 Å². The Balaban J connectivity index is 3.03. The molecule has 1 atom stereocenters. The van der Waals surface area contributed by atoms with Crippen LogP contribution in [-0.4, -0.2) is 5.97 Å². The van der Waals surface area contributed by atoms with Gasteiger partial charge in [-0.2, -0.15) is 0 Å². The van der Waals surface area contributed by atoms with E-state index >= 15 is 0 Å². The molecule has 2 nitrogen and oxygen atoms in total. The molecule has 0 fully saturated rings. The number of benzene rings is 1. The number of hydrogen-bond acceptors (Lipinski definition) is 2. The van der Waals surface area contributed by atoms with E-state index in [1.807, 2.05) is 0 Å². The van der Waals surface area contributed by atoms with Gasteiger partial charge in [0.15, 0.2) is 0 Å². The molecule has 1 aromatic rings. The van der Waals surface area contributed by atoms with E-state index in [1.54, 1.807) is 6.07 Å². The maximum atomic E-state index is 10.5. The van der Waals surface area contributed by atoms with Gasteiger partial charge in [0.05, 0.1) is 20.8 Å². The van der Waals surface area contributed by atoms with Crippen LogP contribution in [-0.2, 0) is 4.79 Å². The smallest absolute Gasteiger partial charge is 0.0790 e. The van der Waals surface area contributed by atoms with Crippen molar-refractivity contribution >= 4 is 45.1 Å². The molecule has 1 rings (SSSR count). The maximum Gasteiger partial charge on any atom is 0.0790 e. The van der Waals surface area contributed by atoms with E-state index in [1.165, 1.54) is 12.1 Å². The zero-order chi connectivity index (χ0) is 10.0. The number of alkyl halides is 1. The fourth-order valence-corrected chi connectivity index (χ4v) is 1.40.